The Balaban J connectivity index is 0.00000341. The van der Waals surface area contributed by atoms with Crippen molar-refractivity contribution >= 4 is 45.9 Å². The quantitative estimate of drug-likeness (QED) is 0.286. The van der Waals surface area contributed by atoms with Crippen molar-refractivity contribution in [1.29, 1.82) is 0 Å². The number of amides is 1. The minimum atomic E-state index is -3.18. The zero-order valence-corrected chi connectivity index (χ0v) is 22.3. The van der Waals surface area contributed by atoms with Gasteiger partial charge in [0.25, 0.3) is 0 Å². The molecule has 0 spiro atoms. The molecule has 11 heteroatoms. The summed E-state index contributed by atoms with van der Waals surface area (Å²) in [7, 11) is -3.18. The number of sulfonamides is 1. The summed E-state index contributed by atoms with van der Waals surface area (Å²) in [5.74, 6) is 1.10. The van der Waals surface area contributed by atoms with E-state index in [0.29, 0.717) is 13.1 Å². The monoisotopic (exact) mass is 570 g/mol. The van der Waals surface area contributed by atoms with Crippen LogP contribution < -0.4 is 5.32 Å². The van der Waals surface area contributed by atoms with Gasteiger partial charge < -0.3 is 15.1 Å². The summed E-state index contributed by atoms with van der Waals surface area (Å²) in [5, 5.41) is 3.36. The number of guanidine groups is 1. The average molecular weight is 571 g/mol. The van der Waals surface area contributed by atoms with Crippen LogP contribution >= 0.6 is 24.0 Å². The van der Waals surface area contributed by atoms with Gasteiger partial charge in [0.1, 0.15) is 0 Å². The fraction of sp³-hybridized carbons (Fsp3) is 0.900. The van der Waals surface area contributed by atoms with Gasteiger partial charge >= 0.3 is 0 Å². The molecular weight excluding hydrogens is 531 g/mol. The largest absolute Gasteiger partial charge is 0.357 e. The molecule has 31 heavy (non-hydrogen) atoms. The van der Waals surface area contributed by atoms with Gasteiger partial charge in [-0.25, -0.2) is 8.42 Å². The summed E-state index contributed by atoms with van der Waals surface area (Å²) < 4.78 is 25.5. The molecule has 1 amide bonds. The third-order valence-electron chi connectivity index (χ3n) is 6.47. The second-order valence-corrected chi connectivity index (χ2v) is 10.5. The number of hydrogen-bond acceptors (Lipinski definition) is 5. The summed E-state index contributed by atoms with van der Waals surface area (Å²) >= 11 is 0. The molecule has 0 bridgehead atoms. The van der Waals surface area contributed by atoms with Crippen LogP contribution in [0.25, 0.3) is 0 Å². The maximum Gasteiger partial charge on any atom is 0.239 e. The molecule has 9 nitrogen and oxygen atoms in total. The van der Waals surface area contributed by atoms with Crippen LogP contribution in [0.4, 0.5) is 0 Å². The third kappa shape index (κ3) is 6.91. The lowest BCUT2D eigenvalue weighted by molar-refractivity contribution is -0.135. The van der Waals surface area contributed by atoms with Crippen LogP contribution in [0.15, 0.2) is 4.99 Å². The first-order valence-electron chi connectivity index (χ1n) is 11.3. The van der Waals surface area contributed by atoms with E-state index in [1.54, 1.807) is 4.31 Å². The van der Waals surface area contributed by atoms with Crippen LogP contribution in [0, 0.1) is 0 Å². The van der Waals surface area contributed by atoms with Crippen LogP contribution in [-0.2, 0) is 14.8 Å². The van der Waals surface area contributed by atoms with Crippen molar-refractivity contribution in [2.45, 2.75) is 51.6 Å². The molecule has 3 aliphatic rings. The molecule has 0 aromatic heterocycles. The molecule has 1 N–H and O–H groups in total. The van der Waals surface area contributed by atoms with E-state index >= 15 is 0 Å². The zero-order chi connectivity index (χ0) is 21.7. The van der Waals surface area contributed by atoms with E-state index in [-0.39, 0.29) is 42.0 Å². The van der Waals surface area contributed by atoms with Gasteiger partial charge in [-0.3, -0.25) is 14.7 Å². The standard InChI is InChI=1S/C20H38N6O3S.HI/c1-4-21-20(22-16-18-8-7-11-26(18)30(3,28)29)25-14-12-23(13-15-25)17(2)19(27)24-9-5-6-10-24;/h17-18H,4-16H2,1-3H3,(H,21,22);1H/t17?,18-;/m1./s1. The van der Waals surface area contributed by atoms with Gasteiger partial charge in [-0.05, 0) is 39.5 Å². The van der Waals surface area contributed by atoms with Crippen molar-refractivity contribution in [2.75, 3.05) is 65.2 Å². The first-order chi connectivity index (χ1) is 14.3. The SMILES string of the molecule is CCNC(=NC[C@H]1CCCN1S(C)(=O)=O)N1CCN(C(C)C(=O)N2CCCC2)CC1.I. The van der Waals surface area contributed by atoms with Crippen molar-refractivity contribution in [3.63, 3.8) is 0 Å². The predicted octanol–water partition coefficient (Wildman–Crippen LogP) is 0.622. The van der Waals surface area contributed by atoms with Crippen LogP contribution in [-0.4, -0.2) is 117 Å². The maximum atomic E-state index is 12.7. The Labute approximate surface area is 204 Å². The Morgan fingerprint density at radius 2 is 1.68 bits per heavy atom. The van der Waals surface area contributed by atoms with Gasteiger partial charge in [0.2, 0.25) is 15.9 Å². The van der Waals surface area contributed by atoms with Gasteiger partial charge in [-0.15, -0.1) is 24.0 Å². The Morgan fingerprint density at radius 1 is 1.03 bits per heavy atom. The number of piperazine rings is 1. The van der Waals surface area contributed by atoms with Crippen LogP contribution in [0.5, 0.6) is 0 Å². The molecule has 3 heterocycles. The van der Waals surface area contributed by atoms with E-state index in [0.717, 1.165) is 77.5 Å². The summed E-state index contributed by atoms with van der Waals surface area (Å²) in [4.78, 5) is 24.0. The number of nitrogens with zero attached hydrogens (tertiary/aromatic N) is 5. The number of carbonyl (C=O) groups excluding carboxylic acids is 1. The normalized spacial score (nSPS) is 24.9. The van der Waals surface area contributed by atoms with Crippen LogP contribution in [0.2, 0.25) is 0 Å². The summed E-state index contributed by atoms with van der Waals surface area (Å²) in [6.45, 7) is 11.0. The van der Waals surface area contributed by atoms with Gasteiger partial charge in [0.15, 0.2) is 5.96 Å². The highest BCUT2D eigenvalue weighted by molar-refractivity contribution is 14.0. The number of likely N-dealkylation sites (tertiary alicyclic amines) is 1. The lowest BCUT2D eigenvalue weighted by Crippen LogP contribution is -2.57. The summed E-state index contributed by atoms with van der Waals surface area (Å²) in [5.41, 5.74) is 0. The molecule has 0 aromatic rings. The molecule has 3 fully saturated rings. The van der Waals surface area contributed by atoms with Crippen LogP contribution in [0.3, 0.4) is 0 Å². The fourth-order valence-electron chi connectivity index (χ4n) is 4.72. The first kappa shape index (κ1) is 26.6. The molecule has 3 rings (SSSR count). The lowest BCUT2D eigenvalue weighted by atomic mass is 10.2. The van der Waals surface area contributed by atoms with E-state index in [1.807, 2.05) is 18.7 Å². The molecule has 180 valence electrons. The number of aliphatic imine (C=N–C) groups is 1. The highest BCUT2D eigenvalue weighted by Crippen LogP contribution is 2.20. The third-order valence-corrected chi connectivity index (χ3v) is 7.81. The van der Waals surface area contributed by atoms with Crippen LogP contribution in [0.1, 0.15) is 39.5 Å². The van der Waals surface area contributed by atoms with Crippen molar-refractivity contribution < 1.29 is 13.2 Å². The first-order valence-corrected chi connectivity index (χ1v) is 13.2. The molecule has 3 aliphatic heterocycles. The molecule has 2 atom stereocenters. The molecule has 0 saturated carbocycles. The molecule has 1 unspecified atom stereocenters. The molecule has 0 radical (unpaired) electrons. The lowest BCUT2D eigenvalue weighted by Gasteiger charge is -2.39. The van der Waals surface area contributed by atoms with Gasteiger partial charge in [0.05, 0.1) is 18.8 Å². The van der Waals surface area contributed by atoms with Crippen molar-refractivity contribution in [2.24, 2.45) is 4.99 Å². The minimum Gasteiger partial charge on any atom is -0.357 e. The molecule has 3 saturated heterocycles. The highest BCUT2D eigenvalue weighted by atomic mass is 127. The van der Waals surface area contributed by atoms with Crippen molar-refractivity contribution in [3.05, 3.63) is 0 Å². The fourth-order valence-corrected chi connectivity index (χ4v) is 5.90. The highest BCUT2D eigenvalue weighted by Gasteiger charge is 2.32. The smallest absolute Gasteiger partial charge is 0.239 e. The Hall–Kier alpha value is -0.660. The summed E-state index contributed by atoms with van der Waals surface area (Å²) in [6.07, 6.45) is 5.27. The van der Waals surface area contributed by atoms with Crippen molar-refractivity contribution in [3.8, 4) is 0 Å². The summed E-state index contributed by atoms with van der Waals surface area (Å²) in [6, 6.07) is -0.125. The van der Waals surface area contributed by atoms with E-state index in [1.165, 1.54) is 6.26 Å². The van der Waals surface area contributed by atoms with Gasteiger partial charge in [-0.2, -0.15) is 4.31 Å². The van der Waals surface area contributed by atoms with Crippen molar-refractivity contribution in [1.82, 2.24) is 24.3 Å². The van der Waals surface area contributed by atoms with Gasteiger partial charge in [-0.1, -0.05) is 0 Å². The molecular formula is C20H39IN6O3S. The van der Waals surface area contributed by atoms with E-state index < -0.39 is 10.0 Å². The van der Waals surface area contributed by atoms with E-state index in [9.17, 15) is 13.2 Å². The van der Waals surface area contributed by atoms with Gasteiger partial charge in [0, 0.05) is 58.4 Å². The second kappa shape index (κ2) is 12.0. The predicted molar refractivity (Wildman–Crippen MR) is 134 cm³/mol. The number of carbonyl (C=O) groups is 1. The Bertz CT molecular complexity index is 720. The number of hydrogen-bond donors (Lipinski definition) is 1. The number of nitrogens with one attached hydrogen (secondary N) is 1. The molecule has 0 aliphatic carbocycles. The zero-order valence-electron chi connectivity index (χ0n) is 19.1. The topological polar surface area (TPSA) is 88.6 Å². The average Bonchev–Trinajstić information content (AvgIpc) is 3.42. The number of rotatable bonds is 6. The number of halogens is 1. The molecule has 0 aromatic carbocycles. The maximum absolute atomic E-state index is 12.7. The minimum absolute atomic E-state index is 0. The Kier molecular flexibility index (Phi) is 10.3. The van der Waals surface area contributed by atoms with E-state index in [4.69, 9.17) is 4.99 Å². The Morgan fingerprint density at radius 3 is 2.26 bits per heavy atom. The van der Waals surface area contributed by atoms with E-state index in [2.05, 4.69) is 15.1 Å². The second-order valence-electron chi connectivity index (χ2n) is 8.60.